The number of benzene rings is 1. The van der Waals surface area contributed by atoms with Gasteiger partial charge in [0.15, 0.2) is 10.8 Å². The van der Waals surface area contributed by atoms with Gasteiger partial charge in [-0.25, -0.2) is 13.4 Å². The third-order valence-corrected chi connectivity index (χ3v) is 8.63. The Balaban J connectivity index is 1.46. The summed E-state index contributed by atoms with van der Waals surface area (Å²) in [6, 6.07) is 11.6. The molecule has 0 unspecified atom stereocenters. The number of amides is 2. The monoisotopic (exact) mass is 542 g/mol. The Morgan fingerprint density at radius 1 is 1.16 bits per heavy atom. The largest absolute Gasteiger partial charge is 0.451 e. The molecule has 11 heteroatoms. The summed E-state index contributed by atoms with van der Waals surface area (Å²) in [5.74, 6) is -0.753. The van der Waals surface area contributed by atoms with Gasteiger partial charge in [-0.1, -0.05) is 38.1 Å². The standard InChI is InChI=1S/C27H34N4O6S/c1-17(2)14-21(30-27(34)24-15-19-8-4-5-9-23(19)37-24)26(33)29-20-12-11-18(3)31(16-22(20)32)38(35,36)25-10-6-7-13-28-25/h4-10,13,15,17-18,20-22,32H,11-12,14,16H2,1-3H3,(H,29,33)(H,30,34)/t18-,20-,21+,22-/m1/s1. The molecule has 1 aliphatic rings. The SMILES string of the molecule is CC(C)C[C@H](NC(=O)c1cc2ccccc2o1)C(=O)N[C@@H]1CC[C@@H](C)N(S(=O)(=O)c2ccccn2)C[C@H]1O. The molecule has 3 heterocycles. The van der Waals surface area contributed by atoms with Gasteiger partial charge in [-0.3, -0.25) is 9.59 Å². The maximum absolute atomic E-state index is 13.3. The highest BCUT2D eigenvalue weighted by Gasteiger charge is 2.38. The maximum Gasteiger partial charge on any atom is 0.287 e. The van der Waals surface area contributed by atoms with Crippen molar-refractivity contribution >= 4 is 32.8 Å². The zero-order valence-electron chi connectivity index (χ0n) is 21.7. The average molecular weight is 543 g/mol. The highest BCUT2D eigenvalue weighted by Crippen LogP contribution is 2.25. The van der Waals surface area contributed by atoms with E-state index in [1.165, 1.54) is 16.6 Å². The Hall–Kier alpha value is -3.28. The predicted molar refractivity (Wildman–Crippen MR) is 142 cm³/mol. The number of hydrogen-bond donors (Lipinski definition) is 3. The molecule has 0 spiro atoms. The number of carbonyl (C=O) groups is 2. The van der Waals surface area contributed by atoms with Gasteiger partial charge in [-0.05, 0) is 56.4 Å². The van der Waals surface area contributed by atoms with Gasteiger partial charge in [0, 0.05) is 24.2 Å². The summed E-state index contributed by atoms with van der Waals surface area (Å²) in [4.78, 5) is 30.2. The summed E-state index contributed by atoms with van der Waals surface area (Å²) in [7, 11) is -3.93. The molecule has 2 aromatic heterocycles. The molecule has 4 atom stereocenters. The van der Waals surface area contributed by atoms with E-state index in [-0.39, 0.29) is 23.2 Å². The molecular formula is C27H34N4O6S. The van der Waals surface area contributed by atoms with Crippen LogP contribution in [0, 0.1) is 5.92 Å². The zero-order chi connectivity index (χ0) is 27.4. The topological polar surface area (TPSA) is 142 Å². The predicted octanol–water partition coefficient (Wildman–Crippen LogP) is 2.69. The van der Waals surface area contributed by atoms with Crippen LogP contribution in [0.15, 0.2) is 64.2 Å². The summed E-state index contributed by atoms with van der Waals surface area (Å²) in [6.07, 6.45) is 1.43. The minimum absolute atomic E-state index is 0.0909. The number of rotatable bonds is 8. The van der Waals surface area contributed by atoms with Crippen LogP contribution >= 0.6 is 0 Å². The number of fused-ring (bicyclic) bond motifs is 1. The molecule has 10 nitrogen and oxygen atoms in total. The summed E-state index contributed by atoms with van der Waals surface area (Å²) >= 11 is 0. The molecule has 4 rings (SSSR count). The van der Waals surface area contributed by atoms with E-state index < -0.39 is 46.1 Å². The summed E-state index contributed by atoms with van der Waals surface area (Å²) in [5, 5.41) is 17.3. The van der Waals surface area contributed by atoms with E-state index in [4.69, 9.17) is 4.42 Å². The van der Waals surface area contributed by atoms with Crippen molar-refractivity contribution in [2.45, 2.75) is 69.3 Å². The number of pyridine rings is 1. The second-order valence-electron chi connectivity index (χ2n) is 10.2. The minimum atomic E-state index is -3.93. The van der Waals surface area contributed by atoms with Gasteiger partial charge in [0.05, 0.1) is 12.1 Å². The van der Waals surface area contributed by atoms with Gasteiger partial charge >= 0.3 is 0 Å². The lowest BCUT2D eigenvalue weighted by Gasteiger charge is -2.28. The Labute approximate surface area is 222 Å². The Bertz CT molecular complexity index is 1340. The van der Waals surface area contributed by atoms with Crippen LogP contribution in [0.1, 0.15) is 50.6 Å². The molecule has 3 aromatic rings. The van der Waals surface area contributed by atoms with E-state index in [9.17, 15) is 23.1 Å². The highest BCUT2D eigenvalue weighted by molar-refractivity contribution is 7.89. The fourth-order valence-electron chi connectivity index (χ4n) is 4.68. The van der Waals surface area contributed by atoms with E-state index in [1.807, 2.05) is 32.0 Å². The number of hydrogen-bond acceptors (Lipinski definition) is 7. The Morgan fingerprint density at radius 2 is 1.89 bits per heavy atom. The smallest absolute Gasteiger partial charge is 0.287 e. The number of aromatic nitrogens is 1. The highest BCUT2D eigenvalue weighted by atomic mass is 32.2. The lowest BCUT2D eigenvalue weighted by Crippen LogP contribution is -2.54. The van der Waals surface area contributed by atoms with Crippen LogP contribution < -0.4 is 10.6 Å². The van der Waals surface area contributed by atoms with Gasteiger partial charge in [0.2, 0.25) is 5.91 Å². The first-order valence-electron chi connectivity index (χ1n) is 12.8. The van der Waals surface area contributed by atoms with Crippen molar-refractivity contribution in [3.8, 4) is 0 Å². The van der Waals surface area contributed by atoms with Crippen LogP contribution in [0.5, 0.6) is 0 Å². The third kappa shape index (κ3) is 6.23. The molecule has 0 bridgehead atoms. The fraction of sp³-hybridized carbons (Fsp3) is 0.444. The van der Waals surface area contributed by atoms with Gasteiger partial charge in [0.25, 0.3) is 15.9 Å². The van der Waals surface area contributed by atoms with Gasteiger partial charge < -0.3 is 20.2 Å². The van der Waals surface area contributed by atoms with Crippen molar-refractivity contribution < 1.29 is 27.5 Å². The number of nitrogens with zero attached hydrogens (tertiary/aromatic N) is 2. The second-order valence-corrected chi connectivity index (χ2v) is 12.0. The second kappa shape index (κ2) is 11.6. The lowest BCUT2D eigenvalue weighted by atomic mass is 10.0. The van der Waals surface area contributed by atoms with Crippen molar-refractivity contribution in [2.75, 3.05) is 6.54 Å². The molecule has 1 fully saturated rings. The van der Waals surface area contributed by atoms with Crippen LogP contribution in [-0.2, 0) is 14.8 Å². The summed E-state index contributed by atoms with van der Waals surface area (Å²) in [6.45, 7) is 5.46. The number of aliphatic hydroxyl groups is 1. The first-order chi connectivity index (χ1) is 18.1. The fourth-order valence-corrected chi connectivity index (χ4v) is 6.29. The lowest BCUT2D eigenvalue weighted by molar-refractivity contribution is -0.125. The van der Waals surface area contributed by atoms with Crippen LogP contribution in [0.3, 0.4) is 0 Å². The number of furan rings is 1. The Kier molecular flexibility index (Phi) is 8.49. The summed E-state index contributed by atoms with van der Waals surface area (Å²) in [5.41, 5.74) is 0.573. The molecule has 3 N–H and O–H groups in total. The molecule has 0 aliphatic carbocycles. The van der Waals surface area contributed by atoms with Crippen molar-refractivity contribution in [1.82, 2.24) is 19.9 Å². The number of sulfonamides is 1. The first kappa shape index (κ1) is 27.7. The van der Waals surface area contributed by atoms with Crippen LogP contribution in [0.2, 0.25) is 0 Å². The van der Waals surface area contributed by atoms with Crippen molar-refractivity contribution in [3.05, 3.63) is 60.5 Å². The van der Waals surface area contributed by atoms with Crippen molar-refractivity contribution in [3.63, 3.8) is 0 Å². The van der Waals surface area contributed by atoms with E-state index in [0.717, 1.165) is 5.39 Å². The maximum atomic E-state index is 13.3. The number of carbonyl (C=O) groups excluding carboxylic acids is 2. The van der Waals surface area contributed by atoms with Crippen molar-refractivity contribution in [2.24, 2.45) is 5.92 Å². The normalized spacial score (nSPS) is 21.7. The van der Waals surface area contributed by atoms with E-state index >= 15 is 0 Å². The number of nitrogens with one attached hydrogen (secondary N) is 2. The van der Waals surface area contributed by atoms with Crippen LogP contribution in [0.4, 0.5) is 0 Å². The Morgan fingerprint density at radius 3 is 2.58 bits per heavy atom. The molecule has 0 radical (unpaired) electrons. The first-order valence-corrected chi connectivity index (χ1v) is 14.2. The number of para-hydroxylation sites is 1. The average Bonchev–Trinajstić information content (AvgIpc) is 3.27. The molecule has 1 saturated heterocycles. The number of β-amino-alcohol motifs (C(OH)–C–C–N with tert-alkyl or cyclic N) is 1. The van der Waals surface area contributed by atoms with Gasteiger partial charge in [0.1, 0.15) is 11.6 Å². The zero-order valence-corrected chi connectivity index (χ0v) is 22.5. The summed E-state index contributed by atoms with van der Waals surface area (Å²) < 4.78 is 33.2. The minimum Gasteiger partial charge on any atom is -0.451 e. The molecule has 0 saturated carbocycles. The molecule has 204 valence electrons. The quantitative estimate of drug-likeness (QED) is 0.397. The molecule has 38 heavy (non-hydrogen) atoms. The van der Waals surface area contributed by atoms with Crippen molar-refractivity contribution in [1.29, 1.82) is 0 Å². The van der Waals surface area contributed by atoms with Crippen LogP contribution in [-0.4, -0.2) is 65.4 Å². The van der Waals surface area contributed by atoms with Gasteiger partial charge in [-0.15, -0.1) is 0 Å². The van der Waals surface area contributed by atoms with Crippen LogP contribution in [0.25, 0.3) is 11.0 Å². The molecule has 2 amide bonds. The van der Waals surface area contributed by atoms with E-state index in [2.05, 4.69) is 15.6 Å². The van der Waals surface area contributed by atoms with Gasteiger partial charge in [-0.2, -0.15) is 4.31 Å². The van der Waals surface area contributed by atoms with E-state index in [0.29, 0.717) is 24.8 Å². The molecular weight excluding hydrogens is 508 g/mol. The number of aliphatic hydroxyl groups excluding tert-OH is 1. The molecule has 1 aliphatic heterocycles. The molecule has 1 aromatic carbocycles. The van der Waals surface area contributed by atoms with E-state index in [1.54, 1.807) is 31.2 Å². The third-order valence-electron chi connectivity index (χ3n) is 6.74.